The Balaban J connectivity index is 1.40. The Morgan fingerprint density at radius 3 is 2.22 bits per heavy atom. The Morgan fingerprint density at radius 2 is 1.53 bits per heavy atom. The second kappa shape index (κ2) is 14.5. The number of carbonyl (C=O) groups excluding carboxylic acids is 3. The molecule has 45 heavy (non-hydrogen) atoms. The van der Waals surface area contributed by atoms with Crippen molar-refractivity contribution in [2.24, 2.45) is 0 Å². The Hall–Kier alpha value is -5.15. The predicted octanol–water partition coefficient (Wildman–Crippen LogP) is 7.40. The van der Waals surface area contributed by atoms with Crippen LogP contribution in [0.15, 0.2) is 114 Å². The van der Waals surface area contributed by atoms with Gasteiger partial charge in [-0.05, 0) is 84.6 Å². The van der Waals surface area contributed by atoms with Crippen molar-refractivity contribution < 1.29 is 28.6 Å². The highest BCUT2D eigenvalue weighted by molar-refractivity contribution is 9.10. The zero-order chi connectivity index (χ0) is 31.8. The molecule has 0 aromatic heterocycles. The lowest BCUT2D eigenvalue weighted by molar-refractivity contribution is -0.122. The van der Waals surface area contributed by atoms with Gasteiger partial charge in [0.2, 0.25) is 0 Å². The number of anilines is 1. The van der Waals surface area contributed by atoms with Crippen molar-refractivity contribution in [1.29, 1.82) is 0 Å². The van der Waals surface area contributed by atoms with Gasteiger partial charge < -0.3 is 14.2 Å². The van der Waals surface area contributed by atoms with E-state index < -0.39 is 17.8 Å². The number of hydrogen-bond donors (Lipinski definition) is 1. The fourth-order valence-electron chi connectivity index (χ4n) is 4.73. The zero-order valence-corrected chi connectivity index (χ0v) is 26.2. The second-order valence-corrected chi connectivity index (χ2v) is 11.0. The molecule has 1 aliphatic heterocycles. The number of allylic oxidation sites excluding steroid dienone is 1. The normalized spacial score (nSPS) is 13.9. The van der Waals surface area contributed by atoms with Crippen molar-refractivity contribution in [2.45, 2.75) is 26.6 Å². The first-order chi connectivity index (χ1) is 21.9. The van der Waals surface area contributed by atoms with E-state index in [0.29, 0.717) is 54.7 Å². The number of benzene rings is 4. The van der Waals surface area contributed by atoms with E-state index in [1.807, 2.05) is 67.6 Å². The molecular formula is C36H31BrN2O6. The Morgan fingerprint density at radius 1 is 0.844 bits per heavy atom. The molecule has 4 amide bonds. The summed E-state index contributed by atoms with van der Waals surface area (Å²) < 4.78 is 18.9. The predicted molar refractivity (Wildman–Crippen MR) is 176 cm³/mol. The number of carbonyl (C=O) groups is 3. The highest BCUT2D eigenvalue weighted by Gasteiger charge is 2.37. The molecule has 5 rings (SSSR count). The Labute approximate surface area is 270 Å². The summed E-state index contributed by atoms with van der Waals surface area (Å²) in [6.45, 7) is 6.78. The van der Waals surface area contributed by atoms with Gasteiger partial charge in [0, 0.05) is 10.0 Å². The topological polar surface area (TPSA) is 94.2 Å². The van der Waals surface area contributed by atoms with Crippen LogP contribution in [0.1, 0.15) is 29.2 Å². The average molecular weight is 668 g/mol. The van der Waals surface area contributed by atoms with E-state index in [0.717, 1.165) is 26.1 Å². The van der Waals surface area contributed by atoms with Gasteiger partial charge in [0.15, 0.2) is 11.5 Å². The number of barbiturate groups is 1. The number of ether oxygens (including phenoxy) is 3. The van der Waals surface area contributed by atoms with E-state index in [1.165, 1.54) is 6.08 Å². The minimum Gasteiger partial charge on any atom is -0.490 e. The van der Waals surface area contributed by atoms with Crippen LogP contribution < -0.4 is 24.4 Å². The van der Waals surface area contributed by atoms with Crippen molar-refractivity contribution in [1.82, 2.24) is 5.32 Å². The van der Waals surface area contributed by atoms with Crippen molar-refractivity contribution in [3.05, 3.63) is 136 Å². The van der Waals surface area contributed by atoms with Crippen LogP contribution in [0.5, 0.6) is 17.2 Å². The van der Waals surface area contributed by atoms with E-state index in [2.05, 4.69) is 27.8 Å². The van der Waals surface area contributed by atoms with Gasteiger partial charge in [-0.2, -0.15) is 0 Å². The van der Waals surface area contributed by atoms with E-state index in [9.17, 15) is 14.4 Å². The molecule has 1 saturated heterocycles. The van der Waals surface area contributed by atoms with Crippen LogP contribution in [0.2, 0.25) is 0 Å². The van der Waals surface area contributed by atoms with Crippen LogP contribution in [-0.4, -0.2) is 24.5 Å². The van der Waals surface area contributed by atoms with Gasteiger partial charge in [-0.25, -0.2) is 9.69 Å². The molecule has 8 nitrogen and oxygen atoms in total. The molecule has 1 aliphatic rings. The monoisotopic (exact) mass is 666 g/mol. The second-order valence-electron chi connectivity index (χ2n) is 10.1. The van der Waals surface area contributed by atoms with Gasteiger partial charge in [-0.1, -0.05) is 64.5 Å². The molecule has 1 heterocycles. The van der Waals surface area contributed by atoms with E-state index in [1.54, 1.807) is 36.4 Å². The molecule has 4 aromatic carbocycles. The molecule has 0 saturated carbocycles. The number of hydrogen-bond acceptors (Lipinski definition) is 6. The summed E-state index contributed by atoms with van der Waals surface area (Å²) in [6.07, 6.45) is 3.64. The molecule has 0 atom stereocenters. The first-order valence-electron chi connectivity index (χ1n) is 14.3. The highest BCUT2D eigenvalue weighted by Crippen LogP contribution is 2.36. The van der Waals surface area contributed by atoms with Gasteiger partial charge in [0.25, 0.3) is 11.8 Å². The van der Waals surface area contributed by atoms with Gasteiger partial charge in [0.05, 0.1) is 12.3 Å². The van der Waals surface area contributed by atoms with Crippen molar-refractivity contribution in [3.63, 3.8) is 0 Å². The van der Waals surface area contributed by atoms with Gasteiger partial charge in [0.1, 0.15) is 24.5 Å². The quantitative estimate of drug-likeness (QED) is 0.0962. The molecule has 1 fully saturated rings. The lowest BCUT2D eigenvalue weighted by Crippen LogP contribution is -2.54. The standard InChI is InChI=1S/C36H31BrN2O6/c1-3-8-27-19-26(21-32(43-4-2)33(27)45-23-25-11-13-28(37)14-12-25)20-31-34(40)38-36(42)39(35(31)41)29-15-17-30(18-16-29)44-22-24-9-6-5-7-10-24/h3,5-7,9-21H,1,4,8,22-23H2,2H3,(H,38,40,42)/b31-20+. The molecule has 0 radical (unpaired) electrons. The molecular weight excluding hydrogens is 636 g/mol. The van der Waals surface area contributed by atoms with E-state index >= 15 is 0 Å². The number of imide groups is 2. The van der Waals surface area contributed by atoms with Crippen molar-refractivity contribution in [2.75, 3.05) is 11.5 Å². The van der Waals surface area contributed by atoms with E-state index in [-0.39, 0.29) is 5.57 Å². The summed E-state index contributed by atoms with van der Waals surface area (Å²) in [5.74, 6) is 0.0411. The first kappa shape index (κ1) is 31.3. The van der Waals surface area contributed by atoms with Crippen molar-refractivity contribution in [3.8, 4) is 17.2 Å². The molecule has 9 heteroatoms. The zero-order valence-electron chi connectivity index (χ0n) is 24.6. The number of nitrogens with zero attached hydrogens (tertiary/aromatic N) is 1. The Kier molecular flexibility index (Phi) is 10.1. The third kappa shape index (κ3) is 7.69. The fraction of sp³-hybridized carbons (Fsp3) is 0.139. The van der Waals surface area contributed by atoms with Crippen LogP contribution in [0.25, 0.3) is 6.08 Å². The maximum atomic E-state index is 13.6. The summed E-state index contributed by atoms with van der Waals surface area (Å²) in [7, 11) is 0. The molecule has 0 unspecified atom stereocenters. The number of urea groups is 1. The highest BCUT2D eigenvalue weighted by atomic mass is 79.9. The SMILES string of the molecule is C=CCc1cc(/C=C2\C(=O)NC(=O)N(c3ccc(OCc4ccccc4)cc3)C2=O)cc(OCC)c1OCc1ccc(Br)cc1. The summed E-state index contributed by atoms with van der Waals surface area (Å²) in [6, 6.07) is 26.7. The number of rotatable bonds is 12. The van der Waals surface area contributed by atoms with Gasteiger partial charge in [-0.15, -0.1) is 6.58 Å². The maximum Gasteiger partial charge on any atom is 0.335 e. The average Bonchev–Trinajstić information content (AvgIpc) is 3.04. The molecule has 0 spiro atoms. The van der Waals surface area contributed by atoms with Crippen LogP contribution >= 0.6 is 15.9 Å². The maximum absolute atomic E-state index is 13.6. The van der Waals surface area contributed by atoms with Crippen LogP contribution in [0.3, 0.4) is 0 Å². The summed E-state index contributed by atoms with van der Waals surface area (Å²) in [4.78, 5) is 40.2. The van der Waals surface area contributed by atoms with Crippen LogP contribution in [0, 0.1) is 0 Å². The third-order valence-electron chi connectivity index (χ3n) is 6.87. The van der Waals surface area contributed by atoms with E-state index in [4.69, 9.17) is 14.2 Å². The molecule has 1 N–H and O–H groups in total. The lowest BCUT2D eigenvalue weighted by atomic mass is 10.0. The van der Waals surface area contributed by atoms with Crippen LogP contribution in [0.4, 0.5) is 10.5 Å². The third-order valence-corrected chi connectivity index (χ3v) is 7.40. The van der Waals surface area contributed by atoms with Crippen molar-refractivity contribution >= 4 is 45.5 Å². The number of amides is 4. The van der Waals surface area contributed by atoms with Gasteiger partial charge in [-0.3, -0.25) is 14.9 Å². The molecule has 4 aromatic rings. The first-order valence-corrected chi connectivity index (χ1v) is 15.1. The molecule has 228 valence electrons. The van der Waals surface area contributed by atoms with Crippen LogP contribution in [-0.2, 0) is 29.2 Å². The molecule has 0 aliphatic carbocycles. The number of halogens is 1. The van der Waals surface area contributed by atoms with Gasteiger partial charge >= 0.3 is 6.03 Å². The minimum absolute atomic E-state index is 0.200. The smallest absolute Gasteiger partial charge is 0.335 e. The number of nitrogens with one attached hydrogen (secondary N) is 1. The molecule has 0 bridgehead atoms. The lowest BCUT2D eigenvalue weighted by Gasteiger charge is -2.26. The summed E-state index contributed by atoms with van der Waals surface area (Å²) in [5.41, 5.74) is 3.37. The fourth-order valence-corrected chi connectivity index (χ4v) is 4.99. The minimum atomic E-state index is -0.834. The summed E-state index contributed by atoms with van der Waals surface area (Å²) >= 11 is 3.44. The largest absolute Gasteiger partial charge is 0.490 e. The Bertz CT molecular complexity index is 1730. The summed E-state index contributed by atoms with van der Waals surface area (Å²) in [5, 5.41) is 2.28.